The van der Waals surface area contributed by atoms with Crippen molar-refractivity contribution in [2.75, 3.05) is 46.9 Å². The van der Waals surface area contributed by atoms with Gasteiger partial charge in [-0.25, -0.2) is 4.79 Å². The van der Waals surface area contributed by atoms with E-state index in [-0.39, 0.29) is 42.8 Å². The van der Waals surface area contributed by atoms with Gasteiger partial charge in [-0.05, 0) is 79.9 Å². The zero-order chi connectivity index (χ0) is 26.0. The first-order valence-electron chi connectivity index (χ1n) is 13.3. The van der Waals surface area contributed by atoms with Crippen molar-refractivity contribution in [3.63, 3.8) is 0 Å². The van der Waals surface area contributed by atoms with E-state index in [1.165, 1.54) is 0 Å². The second-order valence-corrected chi connectivity index (χ2v) is 10.8. The number of benzene rings is 3. The number of ether oxygens (including phenoxy) is 2. The van der Waals surface area contributed by atoms with Gasteiger partial charge in [0.05, 0.1) is 18.3 Å². The average Bonchev–Trinajstić information content (AvgIpc) is 2.91. The van der Waals surface area contributed by atoms with Crippen LogP contribution in [0, 0.1) is 12.8 Å². The Kier molecular flexibility index (Phi) is 10.7. The summed E-state index contributed by atoms with van der Waals surface area (Å²) in [4.78, 5) is 17.7. The minimum Gasteiger partial charge on any atom is -0.497 e. The quantitative estimate of drug-likeness (QED) is 0.394. The van der Waals surface area contributed by atoms with E-state index in [0.717, 1.165) is 60.4 Å². The van der Waals surface area contributed by atoms with Gasteiger partial charge in [-0.15, -0.1) is 24.8 Å². The minimum absolute atomic E-state index is 0. The Morgan fingerprint density at radius 3 is 2.33 bits per heavy atom. The van der Waals surface area contributed by atoms with Crippen molar-refractivity contribution in [3.8, 4) is 5.75 Å². The molecular weight excluding hydrogens is 535 g/mol. The Morgan fingerprint density at radius 1 is 0.974 bits per heavy atom. The van der Waals surface area contributed by atoms with Gasteiger partial charge >= 0.3 is 5.97 Å². The number of methoxy groups -OCH3 is 1. The van der Waals surface area contributed by atoms with Crippen molar-refractivity contribution in [3.05, 3.63) is 77.4 Å². The van der Waals surface area contributed by atoms with Gasteiger partial charge in [0.2, 0.25) is 0 Å². The number of carbonyl (C=O) groups is 1. The fraction of sp³-hybridized carbons (Fsp3) is 0.452. The first kappa shape index (κ1) is 31.2. The van der Waals surface area contributed by atoms with E-state index < -0.39 is 5.60 Å². The van der Waals surface area contributed by atoms with Crippen molar-refractivity contribution in [1.82, 2.24) is 9.80 Å². The molecule has 1 N–H and O–H groups in total. The van der Waals surface area contributed by atoms with E-state index in [1.807, 2.05) is 49.4 Å². The smallest absolute Gasteiger partial charge is 0.338 e. The highest BCUT2D eigenvalue weighted by Crippen LogP contribution is 2.44. The molecule has 1 aliphatic heterocycles. The van der Waals surface area contributed by atoms with Crippen molar-refractivity contribution >= 4 is 41.6 Å². The lowest BCUT2D eigenvalue weighted by atomic mass is 9.70. The lowest BCUT2D eigenvalue weighted by molar-refractivity contribution is -0.100. The van der Waals surface area contributed by atoms with Crippen molar-refractivity contribution < 1.29 is 19.4 Å². The summed E-state index contributed by atoms with van der Waals surface area (Å²) in [5, 5.41) is 14.4. The lowest BCUT2D eigenvalue weighted by Crippen LogP contribution is -2.52. The van der Waals surface area contributed by atoms with Crippen LogP contribution < -0.4 is 4.74 Å². The van der Waals surface area contributed by atoms with Gasteiger partial charge in [0.25, 0.3) is 0 Å². The van der Waals surface area contributed by atoms with Crippen LogP contribution in [0.25, 0.3) is 10.8 Å². The van der Waals surface area contributed by atoms with Crippen molar-refractivity contribution in [1.29, 1.82) is 0 Å². The zero-order valence-corrected chi connectivity index (χ0v) is 24.6. The normalized spacial score (nSPS) is 23.9. The fourth-order valence-corrected chi connectivity index (χ4v) is 5.80. The van der Waals surface area contributed by atoms with Gasteiger partial charge in [0.15, 0.2) is 0 Å². The van der Waals surface area contributed by atoms with E-state index in [1.54, 1.807) is 7.11 Å². The highest BCUT2D eigenvalue weighted by atomic mass is 35.5. The number of hydrogen-bond acceptors (Lipinski definition) is 6. The van der Waals surface area contributed by atoms with Crippen molar-refractivity contribution in [2.45, 2.75) is 37.9 Å². The molecule has 1 heterocycles. The molecule has 0 spiro atoms. The third-order valence-electron chi connectivity index (χ3n) is 8.25. The van der Waals surface area contributed by atoms with Crippen LogP contribution in [-0.2, 0) is 10.3 Å². The van der Waals surface area contributed by atoms with Crippen LogP contribution in [-0.4, -0.2) is 73.9 Å². The molecule has 2 aliphatic rings. The molecule has 6 nitrogen and oxygen atoms in total. The number of aliphatic hydroxyl groups is 1. The number of hydrogen-bond donors (Lipinski definition) is 1. The molecule has 0 radical (unpaired) electrons. The van der Waals surface area contributed by atoms with Crippen LogP contribution >= 0.6 is 24.8 Å². The highest BCUT2D eigenvalue weighted by molar-refractivity contribution is 5.89. The molecule has 2 fully saturated rings. The van der Waals surface area contributed by atoms with Gasteiger partial charge < -0.3 is 24.4 Å². The molecule has 39 heavy (non-hydrogen) atoms. The third kappa shape index (κ3) is 7.05. The van der Waals surface area contributed by atoms with Crippen LogP contribution in [0.2, 0.25) is 0 Å². The number of rotatable bonds is 6. The maximum absolute atomic E-state index is 12.9. The van der Waals surface area contributed by atoms with Crippen LogP contribution in [0.4, 0.5) is 0 Å². The van der Waals surface area contributed by atoms with Gasteiger partial charge in [-0.3, -0.25) is 0 Å². The Morgan fingerprint density at radius 2 is 1.64 bits per heavy atom. The summed E-state index contributed by atoms with van der Waals surface area (Å²) in [5.74, 6) is 0.493. The summed E-state index contributed by atoms with van der Waals surface area (Å²) in [6.45, 7) is 6.79. The van der Waals surface area contributed by atoms with Gasteiger partial charge in [-0.1, -0.05) is 35.9 Å². The van der Waals surface area contributed by atoms with E-state index in [9.17, 15) is 9.90 Å². The Hall–Kier alpha value is -2.35. The molecule has 3 aromatic rings. The topological polar surface area (TPSA) is 62.2 Å². The predicted molar refractivity (Wildman–Crippen MR) is 161 cm³/mol. The van der Waals surface area contributed by atoms with Crippen LogP contribution in [0.15, 0.2) is 60.7 Å². The molecule has 8 heteroatoms. The molecule has 1 aliphatic carbocycles. The number of nitrogens with zero attached hydrogens (tertiary/aromatic N) is 2. The molecule has 5 rings (SSSR count). The highest BCUT2D eigenvalue weighted by Gasteiger charge is 2.45. The summed E-state index contributed by atoms with van der Waals surface area (Å²) >= 11 is 0. The Labute approximate surface area is 244 Å². The first-order valence-corrected chi connectivity index (χ1v) is 13.3. The molecular formula is C31H40Cl2N2O4. The number of aryl methyl sites for hydroxylation is 1. The summed E-state index contributed by atoms with van der Waals surface area (Å²) < 4.78 is 11.4. The molecule has 212 valence electrons. The number of esters is 1. The SMILES string of the molecule is COc1ccc2cc(C3(O)CCC(OC(=O)c4ccc(C)cc4)CC3CN3CCN(C)CC3)ccc2c1.Cl.Cl. The molecule has 0 aromatic heterocycles. The largest absolute Gasteiger partial charge is 0.497 e. The molecule has 3 unspecified atom stereocenters. The van der Waals surface area contributed by atoms with E-state index in [0.29, 0.717) is 24.8 Å². The van der Waals surface area contributed by atoms with E-state index in [4.69, 9.17) is 9.47 Å². The van der Waals surface area contributed by atoms with Crippen LogP contribution in [0.3, 0.4) is 0 Å². The molecule has 0 bridgehead atoms. The van der Waals surface area contributed by atoms with Crippen LogP contribution in [0.1, 0.15) is 40.7 Å². The number of piperazine rings is 1. The fourth-order valence-electron chi connectivity index (χ4n) is 5.80. The summed E-state index contributed by atoms with van der Waals surface area (Å²) in [6.07, 6.45) is 1.62. The number of likely N-dealkylation sites (N-methyl/N-ethyl adjacent to an activating group) is 1. The second-order valence-electron chi connectivity index (χ2n) is 10.8. The summed E-state index contributed by atoms with van der Waals surface area (Å²) in [6, 6.07) is 19.8. The second kappa shape index (κ2) is 13.3. The van der Waals surface area contributed by atoms with Gasteiger partial charge in [0.1, 0.15) is 11.9 Å². The predicted octanol–water partition coefficient (Wildman–Crippen LogP) is 5.46. The molecule has 1 saturated carbocycles. The third-order valence-corrected chi connectivity index (χ3v) is 8.25. The number of fused-ring (bicyclic) bond motifs is 1. The monoisotopic (exact) mass is 574 g/mol. The molecule has 1 saturated heterocycles. The van der Waals surface area contributed by atoms with Crippen LogP contribution in [0.5, 0.6) is 5.75 Å². The zero-order valence-electron chi connectivity index (χ0n) is 23.0. The standard InChI is InChI=1S/C31H38N2O4.2ClH/c1-22-4-6-23(7-5-22)30(34)37-29-12-13-31(35,27(20-29)21-33-16-14-32(2)15-17-33)26-10-8-25-19-28(36-3)11-9-24(25)18-26;;/h4-11,18-19,27,29,35H,12-17,20-21H2,1-3H3;2*1H. The van der Waals surface area contributed by atoms with Crippen molar-refractivity contribution in [2.24, 2.45) is 5.92 Å². The Bertz CT molecular complexity index is 1250. The lowest BCUT2D eigenvalue weighted by Gasteiger charge is -2.46. The molecule has 3 aromatic carbocycles. The maximum atomic E-state index is 12.9. The van der Waals surface area contributed by atoms with E-state index in [2.05, 4.69) is 35.0 Å². The molecule has 0 amide bonds. The van der Waals surface area contributed by atoms with Gasteiger partial charge in [0, 0.05) is 38.6 Å². The number of carbonyl (C=O) groups excluding carboxylic acids is 1. The average molecular weight is 576 g/mol. The minimum atomic E-state index is -0.982. The summed E-state index contributed by atoms with van der Waals surface area (Å²) in [7, 11) is 3.82. The maximum Gasteiger partial charge on any atom is 0.338 e. The number of halogens is 2. The summed E-state index contributed by atoms with van der Waals surface area (Å²) in [5.41, 5.74) is 1.64. The van der Waals surface area contributed by atoms with Gasteiger partial charge in [-0.2, -0.15) is 0 Å². The van der Waals surface area contributed by atoms with E-state index >= 15 is 0 Å². The Balaban J connectivity index is 0.00000210. The first-order chi connectivity index (χ1) is 17.8. The molecule has 3 atom stereocenters.